The molecule has 2 aromatic carbocycles. The molecule has 0 unspecified atom stereocenters. The second kappa shape index (κ2) is 12.4. The molecule has 0 aliphatic carbocycles. The van der Waals surface area contributed by atoms with Crippen LogP contribution in [-0.4, -0.2) is 34.4 Å². The number of nitrogens with two attached hydrogens (primary N) is 1. The van der Waals surface area contributed by atoms with Crippen molar-refractivity contribution in [3.63, 3.8) is 0 Å². The van der Waals surface area contributed by atoms with Crippen molar-refractivity contribution in [2.24, 2.45) is 5.73 Å². The minimum absolute atomic E-state index is 0.0235. The van der Waals surface area contributed by atoms with Crippen molar-refractivity contribution in [1.29, 1.82) is 0 Å². The Morgan fingerprint density at radius 2 is 1.56 bits per heavy atom. The quantitative estimate of drug-likeness (QED) is 0.435. The van der Waals surface area contributed by atoms with Crippen LogP contribution in [0.1, 0.15) is 37.3 Å². The van der Waals surface area contributed by atoms with Crippen LogP contribution in [0, 0.1) is 0 Å². The van der Waals surface area contributed by atoms with E-state index in [0.29, 0.717) is 25.1 Å². The van der Waals surface area contributed by atoms with Crippen molar-refractivity contribution in [1.82, 2.24) is 0 Å². The van der Waals surface area contributed by atoms with Gasteiger partial charge in [-0.3, -0.25) is 4.79 Å². The largest absolute Gasteiger partial charge is 0.508 e. The molecule has 0 saturated carbocycles. The molecule has 0 bridgehead atoms. The van der Waals surface area contributed by atoms with Gasteiger partial charge >= 0.3 is 5.97 Å². The van der Waals surface area contributed by atoms with Crippen molar-refractivity contribution in [2.75, 3.05) is 13.2 Å². The first-order valence-corrected chi connectivity index (χ1v) is 8.80. The van der Waals surface area contributed by atoms with Gasteiger partial charge in [-0.15, -0.1) is 0 Å². The minimum atomic E-state index is -0.132. The molecule has 0 amide bonds. The lowest BCUT2D eigenvalue weighted by atomic mass is 10.1. The predicted octanol–water partition coefficient (Wildman–Crippen LogP) is 3.65. The van der Waals surface area contributed by atoms with Crippen LogP contribution >= 0.6 is 0 Å². The molecule has 0 atom stereocenters. The van der Waals surface area contributed by atoms with E-state index in [2.05, 4.69) is 0 Å². The van der Waals surface area contributed by atoms with Crippen molar-refractivity contribution in [3.8, 4) is 17.2 Å². The Balaban J connectivity index is 0.000000314. The molecular formula is C21H27NO5. The van der Waals surface area contributed by atoms with Gasteiger partial charge in [0.1, 0.15) is 17.2 Å². The Hall–Kier alpha value is -2.99. The second-order valence-electron chi connectivity index (χ2n) is 5.82. The summed E-state index contributed by atoms with van der Waals surface area (Å²) in [5, 5.41) is 27.7. The lowest BCUT2D eigenvalue weighted by molar-refractivity contribution is -0.143. The molecular weight excluding hydrogens is 346 g/mol. The Labute approximate surface area is 159 Å². The standard InChI is InChI=1S/C14H12O3.C7H15NO2/c15-12-5-3-10(4-6-12)1-2-11-7-13(16)9-14(17)8-11;1-2-6-10-7(9)4-3-5-8/h1-9,15-17H;2-6,8H2,1H3. The van der Waals surface area contributed by atoms with Gasteiger partial charge in [-0.1, -0.05) is 31.2 Å². The normalized spacial score (nSPS) is 10.3. The number of benzene rings is 2. The van der Waals surface area contributed by atoms with E-state index in [1.165, 1.54) is 6.07 Å². The summed E-state index contributed by atoms with van der Waals surface area (Å²) in [6.07, 6.45) is 5.66. The first-order chi connectivity index (χ1) is 12.9. The summed E-state index contributed by atoms with van der Waals surface area (Å²) < 4.78 is 4.80. The van der Waals surface area contributed by atoms with Crippen molar-refractivity contribution in [3.05, 3.63) is 53.6 Å². The molecule has 0 heterocycles. The predicted molar refractivity (Wildman–Crippen MR) is 106 cm³/mol. The highest BCUT2D eigenvalue weighted by Gasteiger charge is 1.99. The molecule has 0 spiro atoms. The van der Waals surface area contributed by atoms with E-state index < -0.39 is 0 Å². The van der Waals surface area contributed by atoms with Gasteiger partial charge in [-0.25, -0.2) is 0 Å². The van der Waals surface area contributed by atoms with Crippen LogP contribution in [0.2, 0.25) is 0 Å². The fraction of sp³-hybridized carbons (Fsp3) is 0.286. The number of esters is 1. The van der Waals surface area contributed by atoms with Crippen molar-refractivity contribution >= 4 is 18.1 Å². The molecule has 5 N–H and O–H groups in total. The number of hydrogen-bond donors (Lipinski definition) is 4. The van der Waals surface area contributed by atoms with Crippen LogP contribution < -0.4 is 5.73 Å². The second-order valence-corrected chi connectivity index (χ2v) is 5.82. The molecule has 0 radical (unpaired) electrons. The third-order valence-electron chi connectivity index (χ3n) is 3.34. The summed E-state index contributed by atoms with van der Waals surface area (Å²) in [4.78, 5) is 10.7. The zero-order chi connectivity index (χ0) is 20.1. The Morgan fingerprint density at radius 1 is 0.963 bits per heavy atom. The molecule has 2 rings (SSSR count). The number of carbonyl (C=O) groups excluding carboxylic acids is 1. The van der Waals surface area contributed by atoms with Gasteiger partial charge in [0.25, 0.3) is 0 Å². The average Bonchev–Trinajstić information content (AvgIpc) is 2.64. The number of phenols is 3. The lowest BCUT2D eigenvalue weighted by Gasteiger charge is -2.00. The van der Waals surface area contributed by atoms with E-state index in [-0.39, 0.29) is 23.2 Å². The lowest BCUT2D eigenvalue weighted by Crippen LogP contribution is -2.08. The maximum atomic E-state index is 10.7. The summed E-state index contributed by atoms with van der Waals surface area (Å²) in [7, 11) is 0. The number of carbonyl (C=O) groups is 1. The molecule has 0 aromatic heterocycles. The summed E-state index contributed by atoms with van der Waals surface area (Å²) in [5.74, 6) is 0.134. The molecule has 146 valence electrons. The summed E-state index contributed by atoms with van der Waals surface area (Å²) >= 11 is 0. The van der Waals surface area contributed by atoms with Gasteiger partial charge in [0.15, 0.2) is 0 Å². The first kappa shape index (κ1) is 22.1. The van der Waals surface area contributed by atoms with Crippen molar-refractivity contribution < 1.29 is 24.9 Å². The van der Waals surface area contributed by atoms with Crippen LogP contribution in [0.15, 0.2) is 42.5 Å². The first-order valence-electron chi connectivity index (χ1n) is 8.80. The molecule has 27 heavy (non-hydrogen) atoms. The summed E-state index contributed by atoms with van der Waals surface area (Å²) in [6.45, 7) is 3.06. The van der Waals surface area contributed by atoms with E-state index in [1.807, 2.05) is 13.0 Å². The topological polar surface area (TPSA) is 113 Å². The molecule has 2 aromatic rings. The molecule has 0 fully saturated rings. The van der Waals surface area contributed by atoms with Gasteiger partial charge in [-0.05, 0) is 54.8 Å². The Kier molecular flexibility index (Phi) is 10.1. The smallest absolute Gasteiger partial charge is 0.305 e. The zero-order valence-corrected chi connectivity index (χ0v) is 15.5. The van der Waals surface area contributed by atoms with Gasteiger partial charge in [0.05, 0.1) is 6.61 Å². The monoisotopic (exact) mass is 373 g/mol. The maximum Gasteiger partial charge on any atom is 0.305 e. The Bertz CT molecular complexity index is 696. The van der Waals surface area contributed by atoms with Gasteiger partial charge in [-0.2, -0.15) is 0 Å². The van der Waals surface area contributed by atoms with Crippen LogP contribution in [-0.2, 0) is 9.53 Å². The fourth-order valence-corrected chi connectivity index (χ4v) is 2.03. The highest BCUT2D eigenvalue weighted by atomic mass is 16.5. The van der Waals surface area contributed by atoms with Crippen LogP contribution in [0.25, 0.3) is 12.2 Å². The zero-order valence-electron chi connectivity index (χ0n) is 15.5. The molecule has 0 saturated heterocycles. The fourth-order valence-electron chi connectivity index (χ4n) is 2.03. The van der Waals surface area contributed by atoms with Crippen molar-refractivity contribution in [2.45, 2.75) is 26.2 Å². The van der Waals surface area contributed by atoms with E-state index in [9.17, 15) is 15.0 Å². The summed E-state index contributed by atoms with van der Waals surface area (Å²) in [5.41, 5.74) is 6.82. The van der Waals surface area contributed by atoms with Crippen LogP contribution in [0.3, 0.4) is 0 Å². The van der Waals surface area contributed by atoms with E-state index in [4.69, 9.17) is 15.6 Å². The van der Waals surface area contributed by atoms with Gasteiger partial charge in [0.2, 0.25) is 0 Å². The highest BCUT2D eigenvalue weighted by Crippen LogP contribution is 2.22. The van der Waals surface area contributed by atoms with Gasteiger partial charge in [0, 0.05) is 12.5 Å². The van der Waals surface area contributed by atoms with Crippen LogP contribution in [0.5, 0.6) is 17.2 Å². The summed E-state index contributed by atoms with van der Waals surface area (Å²) in [6, 6.07) is 11.1. The number of rotatable bonds is 7. The van der Waals surface area contributed by atoms with E-state index >= 15 is 0 Å². The Morgan fingerprint density at radius 3 is 2.11 bits per heavy atom. The minimum Gasteiger partial charge on any atom is -0.508 e. The SMILES string of the molecule is CCCOC(=O)CCCN.Oc1ccc(C=Cc2cc(O)cc(O)c2)cc1. The molecule has 0 aliphatic rings. The number of hydrogen-bond acceptors (Lipinski definition) is 6. The molecule has 6 heteroatoms. The third-order valence-corrected chi connectivity index (χ3v) is 3.34. The van der Waals surface area contributed by atoms with Gasteiger partial charge < -0.3 is 25.8 Å². The average molecular weight is 373 g/mol. The highest BCUT2D eigenvalue weighted by molar-refractivity contribution is 5.71. The maximum absolute atomic E-state index is 10.7. The van der Waals surface area contributed by atoms with E-state index in [0.717, 1.165) is 18.4 Å². The number of phenolic OH excluding ortho intramolecular Hbond substituents is 3. The number of aromatic hydroxyl groups is 3. The molecule has 0 aliphatic heterocycles. The number of ether oxygens (including phenoxy) is 1. The van der Waals surface area contributed by atoms with E-state index in [1.54, 1.807) is 42.5 Å². The molecule has 6 nitrogen and oxygen atoms in total. The third kappa shape index (κ3) is 9.91. The van der Waals surface area contributed by atoms with Crippen LogP contribution in [0.4, 0.5) is 0 Å².